The third-order valence-electron chi connectivity index (χ3n) is 10.5. The van der Waals surface area contributed by atoms with Gasteiger partial charge in [0.05, 0.1) is 16.7 Å². The molecule has 2 aromatic heterocycles. The van der Waals surface area contributed by atoms with Gasteiger partial charge in [-0.3, -0.25) is 0 Å². The maximum Gasteiger partial charge on any atom is 0.136 e. The normalized spacial score (nSPS) is 11.9. The summed E-state index contributed by atoms with van der Waals surface area (Å²) in [5.41, 5.74) is 8.66. The van der Waals surface area contributed by atoms with Crippen molar-refractivity contribution < 1.29 is 4.42 Å². The molecule has 0 fully saturated rings. The van der Waals surface area contributed by atoms with E-state index in [4.69, 9.17) is 4.42 Å². The first-order chi connectivity index (χ1) is 25.3. The van der Waals surface area contributed by atoms with Crippen LogP contribution in [0.2, 0.25) is 0 Å². The van der Waals surface area contributed by atoms with Gasteiger partial charge in [0.25, 0.3) is 0 Å². The molecule has 11 rings (SSSR count). The number of hydrogen-bond donors (Lipinski definition) is 0. The van der Waals surface area contributed by atoms with E-state index in [1.54, 1.807) is 0 Å². The molecule has 0 aliphatic rings. The van der Waals surface area contributed by atoms with Gasteiger partial charge in [0.2, 0.25) is 0 Å². The van der Waals surface area contributed by atoms with Gasteiger partial charge in [-0.2, -0.15) is 0 Å². The lowest BCUT2D eigenvalue weighted by Crippen LogP contribution is -2.11. The first-order valence-corrected chi connectivity index (χ1v) is 17.4. The molecule has 0 unspecified atom stereocenters. The van der Waals surface area contributed by atoms with Crippen LogP contribution in [0.25, 0.3) is 81.7 Å². The monoisotopic (exact) mass is 650 g/mol. The Morgan fingerprint density at radius 1 is 0.392 bits per heavy atom. The summed E-state index contributed by atoms with van der Waals surface area (Å²) in [4.78, 5) is 2.41. The molecule has 0 saturated carbocycles. The summed E-state index contributed by atoms with van der Waals surface area (Å²) in [6.07, 6.45) is 0. The molecule has 0 aliphatic carbocycles. The number of benzene rings is 9. The number of hydrogen-bond acceptors (Lipinski definition) is 2. The molecular formula is C48H30N2O. The van der Waals surface area contributed by atoms with Crippen LogP contribution in [0.1, 0.15) is 0 Å². The van der Waals surface area contributed by atoms with Crippen molar-refractivity contribution in [3.8, 4) is 5.69 Å². The van der Waals surface area contributed by atoms with Gasteiger partial charge in [0, 0.05) is 44.0 Å². The Hall–Kier alpha value is -6.84. The SMILES string of the molecule is c1ccc(N(c2ccc3c(ccc4ccc5ccc6oc7ccccc7c6c5c43)c2)c2cccc3c4ccccc4n(-c4ccccc4)c23)cc1. The van der Waals surface area contributed by atoms with E-state index in [2.05, 4.69) is 185 Å². The Balaban J connectivity index is 1.21. The third-order valence-corrected chi connectivity index (χ3v) is 10.5. The molecule has 0 bridgehead atoms. The molecule has 3 heteroatoms. The number of anilines is 3. The Bertz CT molecular complexity index is 3140. The van der Waals surface area contributed by atoms with Crippen molar-refractivity contribution >= 4 is 93.1 Å². The highest BCUT2D eigenvalue weighted by molar-refractivity contribution is 6.31. The summed E-state index contributed by atoms with van der Waals surface area (Å²) in [7, 11) is 0. The van der Waals surface area contributed by atoms with Gasteiger partial charge in [0.15, 0.2) is 0 Å². The quantitative estimate of drug-likeness (QED) is 0.177. The molecule has 0 radical (unpaired) electrons. The average Bonchev–Trinajstić information content (AvgIpc) is 3.75. The molecule has 3 nitrogen and oxygen atoms in total. The maximum atomic E-state index is 6.36. The zero-order valence-corrected chi connectivity index (χ0v) is 27.6. The molecule has 0 amide bonds. The van der Waals surface area contributed by atoms with Crippen LogP contribution in [0.15, 0.2) is 186 Å². The highest BCUT2D eigenvalue weighted by Crippen LogP contribution is 2.45. The molecule has 11 aromatic rings. The molecule has 238 valence electrons. The highest BCUT2D eigenvalue weighted by Gasteiger charge is 2.22. The van der Waals surface area contributed by atoms with Crippen LogP contribution < -0.4 is 4.90 Å². The molecule has 2 heterocycles. The number of rotatable bonds is 4. The molecule has 0 atom stereocenters. The van der Waals surface area contributed by atoms with E-state index in [1.165, 1.54) is 59.5 Å². The summed E-state index contributed by atoms with van der Waals surface area (Å²) >= 11 is 0. The molecule has 0 spiro atoms. The van der Waals surface area contributed by atoms with Crippen LogP contribution in [0.3, 0.4) is 0 Å². The van der Waals surface area contributed by atoms with E-state index in [-0.39, 0.29) is 0 Å². The zero-order chi connectivity index (χ0) is 33.5. The lowest BCUT2D eigenvalue weighted by atomic mass is 9.93. The van der Waals surface area contributed by atoms with Gasteiger partial charge in [-0.05, 0) is 87.6 Å². The van der Waals surface area contributed by atoms with Crippen molar-refractivity contribution in [2.24, 2.45) is 0 Å². The number of furan rings is 1. The van der Waals surface area contributed by atoms with Gasteiger partial charge in [-0.1, -0.05) is 121 Å². The minimum Gasteiger partial charge on any atom is -0.456 e. The molecule has 9 aromatic carbocycles. The number of para-hydroxylation sites is 5. The highest BCUT2D eigenvalue weighted by atomic mass is 16.3. The topological polar surface area (TPSA) is 21.3 Å². The van der Waals surface area contributed by atoms with E-state index >= 15 is 0 Å². The summed E-state index contributed by atoms with van der Waals surface area (Å²) in [6, 6.07) is 65.5. The van der Waals surface area contributed by atoms with Gasteiger partial charge in [-0.25, -0.2) is 0 Å². The van der Waals surface area contributed by atoms with Crippen LogP contribution in [-0.4, -0.2) is 4.57 Å². The van der Waals surface area contributed by atoms with Crippen molar-refractivity contribution in [2.45, 2.75) is 0 Å². The summed E-state index contributed by atoms with van der Waals surface area (Å²) < 4.78 is 8.77. The standard InChI is InChI=1S/C48H30N2O/c1-3-12-34(13-4-1)49(42-20-11-18-39-38-16-7-9-19-41(38)50(48(39)42)35-14-5-2-6-15-35)36-27-28-37-33(30-36)25-24-31-22-23-32-26-29-44-47(46(32)45(31)37)40-17-8-10-21-43(40)51-44/h1-30H. The van der Waals surface area contributed by atoms with Crippen molar-refractivity contribution in [1.29, 1.82) is 0 Å². The van der Waals surface area contributed by atoms with Crippen LogP contribution in [-0.2, 0) is 0 Å². The van der Waals surface area contributed by atoms with Crippen LogP contribution in [0.4, 0.5) is 17.1 Å². The van der Waals surface area contributed by atoms with Gasteiger partial charge < -0.3 is 13.9 Å². The fourth-order valence-corrected chi connectivity index (χ4v) is 8.34. The van der Waals surface area contributed by atoms with E-state index < -0.39 is 0 Å². The predicted molar refractivity (Wildman–Crippen MR) is 215 cm³/mol. The predicted octanol–water partition coefficient (Wildman–Crippen LogP) is 13.6. The summed E-state index contributed by atoms with van der Waals surface area (Å²) in [5.74, 6) is 0. The Morgan fingerprint density at radius 3 is 1.90 bits per heavy atom. The fourth-order valence-electron chi connectivity index (χ4n) is 8.34. The first-order valence-electron chi connectivity index (χ1n) is 17.4. The molecule has 0 saturated heterocycles. The molecule has 0 N–H and O–H groups in total. The maximum absolute atomic E-state index is 6.36. The number of aromatic nitrogens is 1. The first kappa shape index (κ1) is 28.0. The van der Waals surface area contributed by atoms with Crippen LogP contribution >= 0.6 is 0 Å². The minimum atomic E-state index is 0.917. The van der Waals surface area contributed by atoms with Crippen LogP contribution in [0, 0.1) is 0 Å². The average molecular weight is 651 g/mol. The van der Waals surface area contributed by atoms with Gasteiger partial charge >= 0.3 is 0 Å². The second kappa shape index (κ2) is 10.8. The minimum absolute atomic E-state index is 0.917. The van der Waals surface area contributed by atoms with Crippen molar-refractivity contribution in [3.05, 3.63) is 182 Å². The fraction of sp³-hybridized carbons (Fsp3) is 0. The molecule has 51 heavy (non-hydrogen) atoms. The number of nitrogens with zero attached hydrogens (tertiary/aromatic N) is 2. The molecule has 0 aliphatic heterocycles. The molecular weight excluding hydrogens is 621 g/mol. The van der Waals surface area contributed by atoms with Crippen molar-refractivity contribution in [2.75, 3.05) is 4.90 Å². The van der Waals surface area contributed by atoms with Crippen molar-refractivity contribution in [1.82, 2.24) is 4.57 Å². The Kier molecular flexibility index (Phi) is 5.96. The van der Waals surface area contributed by atoms with Crippen molar-refractivity contribution in [3.63, 3.8) is 0 Å². The zero-order valence-electron chi connectivity index (χ0n) is 27.6. The van der Waals surface area contributed by atoms with Gasteiger partial charge in [-0.15, -0.1) is 0 Å². The number of fused-ring (bicyclic) bond motifs is 12. The summed E-state index contributed by atoms with van der Waals surface area (Å²) in [5, 5.41) is 12.1. The lowest BCUT2D eigenvalue weighted by Gasteiger charge is -2.27. The van der Waals surface area contributed by atoms with E-state index in [0.717, 1.165) is 39.3 Å². The Labute approximate surface area is 293 Å². The smallest absolute Gasteiger partial charge is 0.136 e. The van der Waals surface area contributed by atoms with E-state index in [0.29, 0.717) is 0 Å². The van der Waals surface area contributed by atoms with Crippen LogP contribution in [0.5, 0.6) is 0 Å². The summed E-state index contributed by atoms with van der Waals surface area (Å²) in [6.45, 7) is 0. The second-order valence-corrected chi connectivity index (χ2v) is 13.3. The largest absolute Gasteiger partial charge is 0.456 e. The van der Waals surface area contributed by atoms with Gasteiger partial charge in [0.1, 0.15) is 11.2 Å². The van der Waals surface area contributed by atoms with E-state index in [9.17, 15) is 0 Å². The third kappa shape index (κ3) is 4.12. The Morgan fingerprint density at radius 2 is 1.06 bits per heavy atom. The lowest BCUT2D eigenvalue weighted by molar-refractivity contribution is 0.669. The van der Waals surface area contributed by atoms with E-state index in [1.807, 2.05) is 6.07 Å². The second-order valence-electron chi connectivity index (χ2n) is 13.3.